The lowest BCUT2D eigenvalue weighted by molar-refractivity contribution is 0.627. The molecule has 234 valence electrons. The Morgan fingerprint density at radius 1 is 0.347 bits per heavy atom. The number of rotatable bonds is 6. The van der Waals surface area contributed by atoms with Gasteiger partial charge in [-0.1, -0.05) is 84.9 Å². The van der Waals surface area contributed by atoms with E-state index in [1.54, 1.807) is 24.3 Å². The van der Waals surface area contributed by atoms with Crippen LogP contribution in [-0.4, -0.2) is 0 Å². The van der Waals surface area contributed by atoms with Crippen molar-refractivity contribution in [3.8, 4) is 0 Å². The van der Waals surface area contributed by atoms with Crippen LogP contribution in [0.4, 0.5) is 42.9 Å². The van der Waals surface area contributed by atoms with E-state index >= 15 is 0 Å². The summed E-state index contributed by atoms with van der Waals surface area (Å²) >= 11 is 0. The predicted octanol–water partition coefficient (Wildman–Crippen LogP) is 13.1. The highest BCUT2D eigenvalue weighted by molar-refractivity contribution is 6.30. The highest BCUT2D eigenvalue weighted by Gasteiger charge is 2.24. The van der Waals surface area contributed by atoms with E-state index in [-0.39, 0.29) is 11.6 Å². The Hall–Kier alpha value is -6.46. The van der Waals surface area contributed by atoms with E-state index in [0.29, 0.717) is 0 Å². The molecule has 1 aromatic heterocycles. The van der Waals surface area contributed by atoms with Gasteiger partial charge < -0.3 is 14.2 Å². The van der Waals surface area contributed by atoms with Crippen molar-refractivity contribution < 1.29 is 13.2 Å². The van der Waals surface area contributed by atoms with Crippen molar-refractivity contribution in [1.29, 1.82) is 0 Å². The molecule has 0 spiro atoms. The first-order chi connectivity index (χ1) is 24.1. The van der Waals surface area contributed by atoms with E-state index in [2.05, 4.69) is 58.3 Å². The summed E-state index contributed by atoms with van der Waals surface area (Å²) in [4.78, 5) is 4.28. The average molecular weight is 639 g/mol. The Balaban J connectivity index is 1.36. The Morgan fingerprint density at radius 2 is 0.673 bits per heavy atom. The highest BCUT2D eigenvalue weighted by atomic mass is 19.1. The summed E-state index contributed by atoms with van der Waals surface area (Å²) in [6.07, 6.45) is 0. The number of anilines is 6. The standard InChI is InChI=1S/C44H28F2N2O/c45-29-19-23-33(24-20-29)47(31-11-3-1-4-12-31)39-27-41-43(37-17-9-7-15-35(37)39)44-38-18-10-8-16-36(38)40(28-42(44)49-41)48(32-13-5-2-6-14-32)34-25-21-30(46)22-26-34/h1-28H. The smallest absolute Gasteiger partial charge is 0.138 e. The first-order valence-corrected chi connectivity index (χ1v) is 16.2. The number of hydrogen-bond acceptors (Lipinski definition) is 3. The van der Waals surface area contributed by atoms with Gasteiger partial charge in [0.1, 0.15) is 22.8 Å². The van der Waals surface area contributed by atoms with E-state index in [0.717, 1.165) is 77.6 Å². The lowest BCUT2D eigenvalue weighted by Crippen LogP contribution is -2.10. The molecule has 0 saturated carbocycles. The number of nitrogens with zero attached hydrogens (tertiary/aromatic N) is 2. The van der Waals surface area contributed by atoms with E-state index in [1.807, 2.05) is 72.8 Å². The minimum atomic E-state index is -0.290. The molecule has 0 N–H and O–H groups in total. The van der Waals surface area contributed by atoms with Crippen LogP contribution in [0.1, 0.15) is 0 Å². The average Bonchev–Trinajstić information content (AvgIpc) is 3.53. The van der Waals surface area contributed by atoms with Crippen molar-refractivity contribution in [3.63, 3.8) is 0 Å². The van der Waals surface area contributed by atoms with Crippen LogP contribution in [0.2, 0.25) is 0 Å². The second-order valence-corrected chi connectivity index (χ2v) is 12.0. The van der Waals surface area contributed by atoms with E-state index < -0.39 is 0 Å². The van der Waals surface area contributed by atoms with Crippen LogP contribution < -0.4 is 9.80 Å². The minimum Gasteiger partial charge on any atom is -0.456 e. The fraction of sp³-hybridized carbons (Fsp3) is 0. The molecule has 0 amide bonds. The molecule has 49 heavy (non-hydrogen) atoms. The van der Waals surface area contributed by atoms with Gasteiger partial charge >= 0.3 is 0 Å². The molecule has 9 aromatic rings. The second-order valence-electron chi connectivity index (χ2n) is 12.0. The van der Waals surface area contributed by atoms with Crippen molar-refractivity contribution in [1.82, 2.24) is 0 Å². The molecular formula is C44H28F2N2O. The predicted molar refractivity (Wildman–Crippen MR) is 198 cm³/mol. The van der Waals surface area contributed by atoms with Crippen LogP contribution >= 0.6 is 0 Å². The molecule has 0 aliphatic rings. The van der Waals surface area contributed by atoms with Crippen molar-refractivity contribution in [2.45, 2.75) is 0 Å². The van der Waals surface area contributed by atoms with Crippen LogP contribution in [0.25, 0.3) is 43.5 Å². The van der Waals surface area contributed by atoms with Gasteiger partial charge in [0.05, 0.1) is 11.4 Å². The summed E-state index contributed by atoms with van der Waals surface area (Å²) in [6.45, 7) is 0. The lowest BCUT2D eigenvalue weighted by atomic mass is 9.96. The van der Waals surface area contributed by atoms with Crippen LogP contribution in [0.15, 0.2) is 174 Å². The Bertz CT molecular complexity index is 2430. The number of halogens is 2. The van der Waals surface area contributed by atoms with Crippen LogP contribution in [-0.2, 0) is 0 Å². The quantitative estimate of drug-likeness (QED) is 0.181. The van der Waals surface area contributed by atoms with Gasteiger partial charge in [0.25, 0.3) is 0 Å². The first-order valence-electron chi connectivity index (χ1n) is 16.2. The zero-order chi connectivity index (χ0) is 32.9. The molecule has 0 atom stereocenters. The van der Waals surface area contributed by atoms with Crippen molar-refractivity contribution >= 4 is 77.6 Å². The molecule has 5 heteroatoms. The molecular weight excluding hydrogens is 610 g/mol. The molecule has 3 nitrogen and oxygen atoms in total. The van der Waals surface area contributed by atoms with Crippen LogP contribution in [0.3, 0.4) is 0 Å². The Kier molecular flexibility index (Phi) is 6.83. The molecule has 0 radical (unpaired) electrons. The van der Waals surface area contributed by atoms with Crippen molar-refractivity contribution in [2.75, 3.05) is 9.80 Å². The van der Waals surface area contributed by atoms with Gasteiger partial charge in [-0.15, -0.1) is 0 Å². The topological polar surface area (TPSA) is 19.6 Å². The summed E-state index contributed by atoms with van der Waals surface area (Å²) < 4.78 is 35.1. The third kappa shape index (κ3) is 4.86. The van der Waals surface area contributed by atoms with Gasteiger partial charge in [-0.2, -0.15) is 0 Å². The summed E-state index contributed by atoms with van der Waals surface area (Å²) in [5, 5.41) is 6.23. The normalized spacial score (nSPS) is 11.5. The lowest BCUT2D eigenvalue weighted by Gasteiger charge is -2.27. The molecule has 0 aliphatic carbocycles. The maximum absolute atomic E-state index is 14.1. The van der Waals surface area contributed by atoms with Gasteiger partial charge in [0, 0.05) is 56.4 Å². The number of hydrogen-bond donors (Lipinski definition) is 0. The third-order valence-electron chi connectivity index (χ3n) is 9.12. The van der Waals surface area contributed by atoms with Gasteiger partial charge in [-0.3, -0.25) is 0 Å². The summed E-state index contributed by atoms with van der Waals surface area (Å²) in [6, 6.07) is 54.2. The molecule has 8 aromatic carbocycles. The first kappa shape index (κ1) is 28.7. The van der Waals surface area contributed by atoms with Crippen molar-refractivity contribution in [2.24, 2.45) is 0 Å². The van der Waals surface area contributed by atoms with E-state index in [1.165, 1.54) is 24.3 Å². The number of furan rings is 1. The maximum Gasteiger partial charge on any atom is 0.138 e. The number of benzene rings is 8. The molecule has 0 fully saturated rings. The summed E-state index contributed by atoms with van der Waals surface area (Å²) in [7, 11) is 0. The molecule has 0 saturated heterocycles. The van der Waals surface area contributed by atoms with Gasteiger partial charge in [0.2, 0.25) is 0 Å². The molecule has 9 rings (SSSR count). The monoisotopic (exact) mass is 638 g/mol. The Morgan fingerprint density at radius 3 is 1.06 bits per heavy atom. The molecule has 1 heterocycles. The molecule has 0 bridgehead atoms. The summed E-state index contributed by atoms with van der Waals surface area (Å²) in [5.74, 6) is -0.579. The summed E-state index contributed by atoms with van der Waals surface area (Å²) in [5.41, 5.74) is 6.87. The fourth-order valence-electron chi connectivity index (χ4n) is 7.02. The van der Waals surface area contributed by atoms with Crippen LogP contribution in [0, 0.1) is 11.6 Å². The van der Waals surface area contributed by atoms with Crippen LogP contribution in [0.5, 0.6) is 0 Å². The zero-order valence-electron chi connectivity index (χ0n) is 26.2. The second kappa shape index (κ2) is 11.7. The van der Waals surface area contributed by atoms with Gasteiger partial charge in [0.15, 0.2) is 0 Å². The van der Waals surface area contributed by atoms with Gasteiger partial charge in [-0.25, -0.2) is 8.78 Å². The van der Waals surface area contributed by atoms with E-state index in [4.69, 9.17) is 4.42 Å². The largest absolute Gasteiger partial charge is 0.456 e. The number of para-hydroxylation sites is 2. The molecule has 0 aliphatic heterocycles. The highest BCUT2D eigenvalue weighted by Crippen LogP contribution is 2.48. The SMILES string of the molecule is Fc1ccc(N(c2ccccc2)c2cc3oc4cc(N(c5ccccc5)c5ccc(F)cc5)c5ccccc5c4c3c3ccccc23)cc1. The van der Waals surface area contributed by atoms with Gasteiger partial charge in [-0.05, 0) is 83.6 Å². The zero-order valence-corrected chi connectivity index (χ0v) is 26.2. The maximum atomic E-state index is 14.1. The van der Waals surface area contributed by atoms with Crippen molar-refractivity contribution in [3.05, 3.63) is 181 Å². The molecule has 0 unspecified atom stereocenters. The van der Waals surface area contributed by atoms with E-state index in [9.17, 15) is 8.78 Å². The minimum absolute atomic E-state index is 0.290. The number of fused-ring (bicyclic) bond motifs is 7. The Labute approximate surface area is 281 Å². The third-order valence-corrected chi connectivity index (χ3v) is 9.12. The fourth-order valence-corrected chi connectivity index (χ4v) is 7.02.